The molecule has 1 aromatic carbocycles. The molecule has 0 aromatic heterocycles. The van der Waals surface area contributed by atoms with Crippen LogP contribution < -0.4 is 5.73 Å². The molecule has 1 fully saturated rings. The topological polar surface area (TPSA) is 72.6 Å². The summed E-state index contributed by atoms with van der Waals surface area (Å²) in [6.45, 7) is 1.14. The molecule has 0 bridgehead atoms. The lowest BCUT2D eigenvalue weighted by atomic mass is 10.1. The fourth-order valence-corrected chi connectivity index (χ4v) is 1.97. The first-order chi connectivity index (χ1) is 8.66. The van der Waals surface area contributed by atoms with Crippen LogP contribution in [0.3, 0.4) is 0 Å². The van der Waals surface area contributed by atoms with E-state index in [0.717, 1.165) is 5.56 Å². The fraction of sp³-hybridized carbons (Fsp3) is 0.385. The maximum absolute atomic E-state index is 11.7. The van der Waals surface area contributed by atoms with Gasteiger partial charge in [0.2, 0.25) is 5.91 Å². The van der Waals surface area contributed by atoms with Gasteiger partial charge in [-0.3, -0.25) is 4.79 Å². The number of likely N-dealkylation sites (tertiary alicyclic amines) is 1. The third kappa shape index (κ3) is 3.00. The van der Waals surface area contributed by atoms with Gasteiger partial charge in [-0.25, -0.2) is 4.79 Å². The second-order valence-electron chi connectivity index (χ2n) is 4.37. The average Bonchev–Trinajstić information content (AvgIpc) is 2.87. The number of carbonyl (C=O) groups excluding carboxylic acids is 2. The Labute approximate surface area is 106 Å². The van der Waals surface area contributed by atoms with E-state index in [-0.39, 0.29) is 24.5 Å². The standard InChI is InChI=1S/C13H16N2O3/c14-12(16)11-6-7-15(8-11)13(17)18-9-10-4-2-1-3-5-10/h1-5,11H,6-9H2,(H2,14,16)/t11-/m1/s1. The van der Waals surface area contributed by atoms with Gasteiger partial charge in [-0.05, 0) is 12.0 Å². The van der Waals surface area contributed by atoms with Crippen LogP contribution in [0.15, 0.2) is 30.3 Å². The Bertz CT molecular complexity index is 433. The van der Waals surface area contributed by atoms with E-state index < -0.39 is 0 Å². The van der Waals surface area contributed by atoms with Crippen molar-refractivity contribution in [2.24, 2.45) is 11.7 Å². The quantitative estimate of drug-likeness (QED) is 0.871. The summed E-state index contributed by atoms with van der Waals surface area (Å²) in [5, 5.41) is 0. The van der Waals surface area contributed by atoms with Crippen LogP contribution in [0.1, 0.15) is 12.0 Å². The molecule has 5 heteroatoms. The molecular formula is C13H16N2O3. The highest BCUT2D eigenvalue weighted by Gasteiger charge is 2.30. The van der Waals surface area contributed by atoms with Crippen molar-refractivity contribution < 1.29 is 14.3 Å². The van der Waals surface area contributed by atoms with Crippen LogP contribution in [0.4, 0.5) is 4.79 Å². The second kappa shape index (κ2) is 5.53. The maximum atomic E-state index is 11.7. The Kier molecular flexibility index (Phi) is 3.82. The molecule has 1 aromatic rings. The zero-order valence-corrected chi connectivity index (χ0v) is 10.0. The maximum Gasteiger partial charge on any atom is 0.410 e. The van der Waals surface area contributed by atoms with Gasteiger partial charge in [0.05, 0.1) is 5.92 Å². The highest BCUT2D eigenvalue weighted by Crippen LogP contribution is 2.16. The van der Waals surface area contributed by atoms with Crippen molar-refractivity contribution in [2.45, 2.75) is 13.0 Å². The third-order valence-corrected chi connectivity index (χ3v) is 3.05. The molecule has 96 valence electrons. The van der Waals surface area contributed by atoms with Crippen LogP contribution in [-0.2, 0) is 16.1 Å². The Hall–Kier alpha value is -2.04. The van der Waals surface area contributed by atoms with Crippen molar-refractivity contribution >= 4 is 12.0 Å². The number of nitrogens with two attached hydrogens (primary N) is 1. The highest BCUT2D eigenvalue weighted by atomic mass is 16.6. The summed E-state index contributed by atoms with van der Waals surface area (Å²) in [5.41, 5.74) is 6.15. The molecular weight excluding hydrogens is 232 g/mol. The number of nitrogens with zero attached hydrogens (tertiary/aromatic N) is 1. The number of benzene rings is 1. The molecule has 1 heterocycles. The summed E-state index contributed by atoms with van der Waals surface area (Å²) in [6.07, 6.45) is 0.234. The van der Waals surface area contributed by atoms with E-state index in [9.17, 15) is 9.59 Å². The molecule has 1 aliphatic heterocycles. The lowest BCUT2D eigenvalue weighted by molar-refractivity contribution is -0.121. The molecule has 18 heavy (non-hydrogen) atoms. The van der Waals surface area contributed by atoms with Gasteiger partial charge in [-0.2, -0.15) is 0 Å². The normalized spacial score (nSPS) is 18.7. The first kappa shape index (κ1) is 12.4. The third-order valence-electron chi connectivity index (χ3n) is 3.05. The summed E-state index contributed by atoms with van der Waals surface area (Å²) in [7, 11) is 0. The predicted octanol–water partition coefficient (Wildman–Crippen LogP) is 1.13. The molecule has 2 N–H and O–H groups in total. The van der Waals surface area contributed by atoms with Crippen molar-refractivity contribution in [3.05, 3.63) is 35.9 Å². The summed E-state index contributed by atoms with van der Waals surface area (Å²) >= 11 is 0. The number of rotatable bonds is 3. The van der Waals surface area contributed by atoms with Crippen LogP contribution in [0.25, 0.3) is 0 Å². The molecule has 0 saturated carbocycles. The number of carbonyl (C=O) groups is 2. The fourth-order valence-electron chi connectivity index (χ4n) is 1.97. The SMILES string of the molecule is NC(=O)[C@@H]1CCN(C(=O)OCc2ccccc2)C1. The van der Waals surface area contributed by atoms with E-state index in [0.29, 0.717) is 19.5 Å². The van der Waals surface area contributed by atoms with Gasteiger partial charge >= 0.3 is 6.09 Å². The Balaban J connectivity index is 1.81. The lowest BCUT2D eigenvalue weighted by Crippen LogP contribution is -2.32. The van der Waals surface area contributed by atoms with Crippen LogP contribution in [-0.4, -0.2) is 30.0 Å². The van der Waals surface area contributed by atoms with E-state index in [2.05, 4.69) is 0 Å². The molecule has 2 amide bonds. The first-order valence-corrected chi connectivity index (χ1v) is 5.92. The van der Waals surface area contributed by atoms with Crippen LogP contribution in [0.2, 0.25) is 0 Å². The van der Waals surface area contributed by atoms with E-state index in [1.54, 1.807) is 0 Å². The van der Waals surface area contributed by atoms with Crippen molar-refractivity contribution in [3.8, 4) is 0 Å². The molecule has 0 spiro atoms. The summed E-state index contributed by atoms with van der Waals surface area (Å²) in [4.78, 5) is 24.3. The molecule has 1 aliphatic rings. The Morgan fingerprint density at radius 1 is 1.33 bits per heavy atom. The first-order valence-electron chi connectivity index (χ1n) is 5.92. The number of hydrogen-bond acceptors (Lipinski definition) is 3. The van der Waals surface area contributed by atoms with Crippen molar-refractivity contribution in [3.63, 3.8) is 0 Å². The minimum atomic E-state index is -0.386. The summed E-state index contributed by atoms with van der Waals surface area (Å²) in [5.74, 6) is -0.595. The van der Waals surface area contributed by atoms with Gasteiger partial charge < -0.3 is 15.4 Å². The van der Waals surface area contributed by atoms with E-state index in [1.165, 1.54) is 4.90 Å². The predicted molar refractivity (Wildman–Crippen MR) is 65.5 cm³/mol. The van der Waals surface area contributed by atoms with Crippen molar-refractivity contribution in [2.75, 3.05) is 13.1 Å². The molecule has 0 unspecified atom stereocenters. The number of primary amides is 1. The molecule has 0 radical (unpaired) electrons. The van der Waals surface area contributed by atoms with Crippen LogP contribution in [0.5, 0.6) is 0 Å². The monoisotopic (exact) mass is 248 g/mol. The number of ether oxygens (including phenoxy) is 1. The second-order valence-corrected chi connectivity index (χ2v) is 4.37. The van der Waals surface area contributed by atoms with Gasteiger partial charge in [0.25, 0.3) is 0 Å². The van der Waals surface area contributed by atoms with Gasteiger partial charge in [0, 0.05) is 13.1 Å². The molecule has 0 aliphatic carbocycles. The summed E-state index contributed by atoms with van der Waals surface area (Å²) in [6, 6.07) is 9.47. The minimum absolute atomic E-state index is 0.241. The van der Waals surface area contributed by atoms with Gasteiger partial charge in [-0.15, -0.1) is 0 Å². The van der Waals surface area contributed by atoms with Crippen LogP contribution >= 0.6 is 0 Å². The summed E-state index contributed by atoms with van der Waals surface area (Å²) < 4.78 is 5.17. The van der Waals surface area contributed by atoms with E-state index in [4.69, 9.17) is 10.5 Å². The lowest BCUT2D eigenvalue weighted by Gasteiger charge is -2.15. The van der Waals surface area contributed by atoms with Gasteiger partial charge in [0.15, 0.2) is 0 Å². The van der Waals surface area contributed by atoms with Gasteiger partial charge in [-0.1, -0.05) is 30.3 Å². The zero-order chi connectivity index (χ0) is 13.0. The largest absolute Gasteiger partial charge is 0.445 e. The Morgan fingerprint density at radius 2 is 2.06 bits per heavy atom. The van der Waals surface area contributed by atoms with E-state index in [1.807, 2.05) is 30.3 Å². The van der Waals surface area contributed by atoms with Crippen molar-refractivity contribution in [1.82, 2.24) is 4.90 Å². The molecule has 1 saturated heterocycles. The number of amides is 2. The van der Waals surface area contributed by atoms with Crippen molar-refractivity contribution in [1.29, 1.82) is 0 Å². The molecule has 1 atom stereocenters. The van der Waals surface area contributed by atoms with Gasteiger partial charge in [0.1, 0.15) is 6.61 Å². The van der Waals surface area contributed by atoms with E-state index >= 15 is 0 Å². The average molecular weight is 248 g/mol. The minimum Gasteiger partial charge on any atom is -0.445 e. The molecule has 5 nitrogen and oxygen atoms in total. The molecule has 2 rings (SSSR count). The van der Waals surface area contributed by atoms with Crippen LogP contribution in [0, 0.1) is 5.92 Å². The Morgan fingerprint density at radius 3 is 2.67 bits per heavy atom. The smallest absolute Gasteiger partial charge is 0.410 e. The number of hydrogen-bond donors (Lipinski definition) is 1. The zero-order valence-electron chi connectivity index (χ0n) is 10.0. The highest BCUT2D eigenvalue weighted by molar-refractivity contribution is 5.78.